The van der Waals surface area contributed by atoms with Gasteiger partial charge in [0.25, 0.3) is 0 Å². The number of hydrogen-bond donors (Lipinski definition) is 3. The highest BCUT2D eigenvalue weighted by Gasteiger charge is 2.26. The van der Waals surface area contributed by atoms with Crippen LogP contribution in [0, 0.1) is 5.41 Å². The van der Waals surface area contributed by atoms with Gasteiger partial charge in [-0.1, -0.05) is 6.92 Å². The number of anilines is 1. The van der Waals surface area contributed by atoms with Crippen molar-refractivity contribution in [3.63, 3.8) is 0 Å². The zero-order valence-electron chi connectivity index (χ0n) is 9.42. The fourth-order valence-electron chi connectivity index (χ4n) is 1.06. The third-order valence-electron chi connectivity index (χ3n) is 2.46. The van der Waals surface area contributed by atoms with Crippen LogP contribution in [0.15, 0.2) is 6.20 Å². The van der Waals surface area contributed by atoms with Crippen LogP contribution < -0.4 is 11.1 Å². The number of aromatic amines is 1. The smallest absolute Gasteiger partial charge is 0.232 e. The van der Waals surface area contributed by atoms with E-state index in [4.69, 9.17) is 5.73 Å². The number of nitrogens with zero attached hydrogens (tertiary/aromatic N) is 1. The molecule has 5 nitrogen and oxygen atoms in total. The SMILES string of the molecule is CCc1cn[nH]c1NC(=O)C(C)(C)CN. The molecule has 0 unspecified atom stereocenters. The van der Waals surface area contributed by atoms with E-state index in [1.807, 2.05) is 20.8 Å². The lowest BCUT2D eigenvalue weighted by atomic mass is 9.93. The third-order valence-corrected chi connectivity index (χ3v) is 2.46. The summed E-state index contributed by atoms with van der Waals surface area (Å²) in [5.74, 6) is 0.577. The molecule has 0 saturated heterocycles. The minimum Gasteiger partial charge on any atom is -0.329 e. The second-order valence-electron chi connectivity index (χ2n) is 4.17. The van der Waals surface area contributed by atoms with Crippen LogP contribution >= 0.6 is 0 Å². The summed E-state index contributed by atoms with van der Waals surface area (Å²) in [5.41, 5.74) is 5.96. The van der Waals surface area contributed by atoms with Crippen LogP contribution in [0.1, 0.15) is 26.3 Å². The predicted octanol–water partition coefficient (Wildman–Crippen LogP) is 0.895. The van der Waals surface area contributed by atoms with Gasteiger partial charge in [0.2, 0.25) is 5.91 Å². The van der Waals surface area contributed by atoms with E-state index in [0.717, 1.165) is 12.0 Å². The molecular formula is C10H18N4O. The zero-order valence-corrected chi connectivity index (χ0v) is 9.42. The molecule has 0 atom stereocenters. The van der Waals surface area contributed by atoms with Gasteiger partial charge in [-0.05, 0) is 20.3 Å². The van der Waals surface area contributed by atoms with Gasteiger partial charge < -0.3 is 11.1 Å². The number of amides is 1. The van der Waals surface area contributed by atoms with Gasteiger partial charge >= 0.3 is 0 Å². The number of nitrogens with two attached hydrogens (primary N) is 1. The summed E-state index contributed by atoms with van der Waals surface area (Å²) in [5, 5.41) is 9.44. The van der Waals surface area contributed by atoms with Crippen LogP contribution in [0.5, 0.6) is 0 Å². The van der Waals surface area contributed by atoms with E-state index in [9.17, 15) is 4.79 Å². The van der Waals surface area contributed by atoms with Crippen LogP contribution in [-0.2, 0) is 11.2 Å². The average molecular weight is 210 g/mol. The number of aryl methyl sites for hydroxylation is 1. The lowest BCUT2D eigenvalue weighted by Gasteiger charge is -2.20. The van der Waals surface area contributed by atoms with E-state index in [1.54, 1.807) is 6.20 Å². The van der Waals surface area contributed by atoms with Gasteiger partial charge in [-0.2, -0.15) is 5.10 Å². The standard InChI is InChI=1S/C10H18N4O/c1-4-7-5-12-14-8(7)13-9(15)10(2,3)6-11/h5H,4,6,11H2,1-3H3,(H2,12,13,14,15). The molecule has 1 amide bonds. The highest BCUT2D eigenvalue weighted by molar-refractivity contribution is 5.94. The summed E-state index contributed by atoms with van der Waals surface area (Å²) in [7, 11) is 0. The van der Waals surface area contributed by atoms with Crippen molar-refractivity contribution in [2.75, 3.05) is 11.9 Å². The molecule has 1 heterocycles. The fourth-order valence-corrected chi connectivity index (χ4v) is 1.06. The number of nitrogens with one attached hydrogen (secondary N) is 2. The van der Waals surface area contributed by atoms with Crippen molar-refractivity contribution in [2.45, 2.75) is 27.2 Å². The predicted molar refractivity (Wildman–Crippen MR) is 59.4 cm³/mol. The maximum atomic E-state index is 11.8. The Morgan fingerprint density at radius 1 is 1.67 bits per heavy atom. The largest absolute Gasteiger partial charge is 0.329 e. The van der Waals surface area contributed by atoms with Crippen LogP contribution in [-0.4, -0.2) is 22.6 Å². The topological polar surface area (TPSA) is 83.8 Å². The van der Waals surface area contributed by atoms with Gasteiger partial charge in [0.15, 0.2) is 0 Å². The molecule has 0 fully saturated rings. The molecule has 0 saturated carbocycles. The van der Waals surface area contributed by atoms with Crippen LogP contribution in [0.3, 0.4) is 0 Å². The Morgan fingerprint density at radius 2 is 2.33 bits per heavy atom. The van der Waals surface area contributed by atoms with Gasteiger partial charge in [-0.3, -0.25) is 9.89 Å². The Labute approximate surface area is 89.4 Å². The number of aromatic nitrogens is 2. The van der Waals surface area contributed by atoms with Gasteiger partial charge in [0, 0.05) is 12.1 Å². The zero-order chi connectivity index (χ0) is 11.5. The van der Waals surface area contributed by atoms with Crippen LogP contribution in [0.25, 0.3) is 0 Å². The number of carbonyl (C=O) groups excluding carboxylic acids is 1. The van der Waals surface area contributed by atoms with E-state index in [0.29, 0.717) is 12.4 Å². The maximum Gasteiger partial charge on any atom is 0.232 e. The van der Waals surface area contributed by atoms with Crippen molar-refractivity contribution in [2.24, 2.45) is 11.1 Å². The Morgan fingerprint density at radius 3 is 2.87 bits per heavy atom. The summed E-state index contributed by atoms with van der Waals surface area (Å²) >= 11 is 0. The lowest BCUT2D eigenvalue weighted by Crippen LogP contribution is -2.37. The maximum absolute atomic E-state index is 11.8. The monoisotopic (exact) mass is 210 g/mol. The fraction of sp³-hybridized carbons (Fsp3) is 0.600. The molecule has 0 radical (unpaired) electrons. The lowest BCUT2D eigenvalue weighted by molar-refractivity contribution is -0.123. The van der Waals surface area contributed by atoms with Crippen LogP contribution in [0.4, 0.5) is 5.82 Å². The van der Waals surface area contributed by atoms with Crippen molar-refractivity contribution in [1.29, 1.82) is 0 Å². The Kier molecular flexibility index (Phi) is 3.47. The van der Waals surface area contributed by atoms with Gasteiger partial charge in [-0.25, -0.2) is 0 Å². The molecule has 5 heteroatoms. The molecule has 15 heavy (non-hydrogen) atoms. The number of carbonyl (C=O) groups is 1. The molecule has 0 aromatic carbocycles. The second-order valence-corrected chi connectivity index (χ2v) is 4.17. The van der Waals surface area contributed by atoms with Gasteiger partial charge in [0.05, 0.1) is 11.6 Å². The summed E-state index contributed by atoms with van der Waals surface area (Å²) in [6, 6.07) is 0. The molecule has 0 spiro atoms. The molecular weight excluding hydrogens is 192 g/mol. The van der Waals surface area contributed by atoms with Crippen molar-refractivity contribution >= 4 is 11.7 Å². The van der Waals surface area contributed by atoms with E-state index >= 15 is 0 Å². The Balaban J connectivity index is 2.74. The Bertz CT molecular complexity index is 343. The summed E-state index contributed by atoms with van der Waals surface area (Å²) in [4.78, 5) is 11.8. The number of rotatable bonds is 4. The van der Waals surface area contributed by atoms with Crippen molar-refractivity contribution in [3.8, 4) is 0 Å². The first-order chi connectivity index (χ1) is 7.01. The molecule has 0 aliphatic carbocycles. The highest BCUT2D eigenvalue weighted by atomic mass is 16.2. The molecule has 1 aromatic rings. The summed E-state index contributed by atoms with van der Waals surface area (Å²) in [6.07, 6.45) is 2.54. The van der Waals surface area contributed by atoms with Crippen molar-refractivity contribution in [3.05, 3.63) is 11.8 Å². The first kappa shape index (κ1) is 11.7. The second kappa shape index (κ2) is 4.44. The molecule has 1 aromatic heterocycles. The average Bonchev–Trinajstić information content (AvgIpc) is 2.65. The molecule has 1 rings (SSSR count). The number of hydrogen-bond acceptors (Lipinski definition) is 3. The highest BCUT2D eigenvalue weighted by Crippen LogP contribution is 2.18. The summed E-state index contributed by atoms with van der Waals surface area (Å²) < 4.78 is 0. The minimum atomic E-state index is -0.559. The molecule has 0 bridgehead atoms. The molecule has 4 N–H and O–H groups in total. The quantitative estimate of drug-likeness (QED) is 0.690. The van der Waals surface area contributed by atoms with Gasteiger partial charge in [-0.15, -0.1) is 0 Å². The van der Waals surface area contributed by atoms with E-state index in [2.05, 4.69) is 15.5 Å². The van der Waals surface area contributed by atoms with Crippen molar-refractivity contribution in [1.82, 2.24) is 10.2 Å². The number of H-pyrrole nitrogens is 1. The normalized spacial score (nSPS) is 11.5. The van der Waals surface area contributed by atoms with E-state index in [-0.39, 0.29) is 5.91 Å². The Hall–Kier alpha value is -1.36. The van der Waals surface area contributed by atoms with Crippen LogP contribution in [0.2, 0.25) is 0 Å². The minimum absolute atomic E-state index is 0.0936. The van der Waals surface area contributed by atoms with Gasteiger partial charge in [0.1, 0.15) is 5.82 Å². The molecule has 0 aliphatic heterocycles. The third kappa shape index (κ3) is 2.56. The van der Waals surface area contributed by atoms with E-state index in [1.165, 1.54) is 0 Å². The first-order valence-electron chi connectivity index (χ1n) is 5.05. The first-order valence-corrected chi connectivity index (χ1v) is 5.05. The molecule has 84 valence electrons. The summed E-state index contributed by atoms with van der Waals surface area (Å²) in [6.45, 7) is 5.94. The van der Waals surface area contributed by atoms with E-state index < -0.39 is 5.41 Å². The van der Waals surface area contributed by atoms with Crippen molar-refractivity contribution < 1.29 is 4.79 Å². The molecule has 0 aliphatic rings.